The van der Waals surface area contributed by atoms with Crippen molar-refractivity contribution in [1.82, 2.24) is 10.3 Å². The number of halogens is 3. The molecule has 106 valence electrons. The van der Waals surface area contributed by atoms with E-state index in [1.165, 1.54) is 12.1 Å². The Morgan fingerprint density at radius 3 is 2.45 bits per heavy atom. The van der Waals surface area contributed by atoms with Crippen molar-refractivity contribution >= 4 is 0 Å². The van der Waals surface area contributed by atoms with Crippen LogP contribution < -0.4 is 5.32 Å². The maximum atomic E-state index is 12.8. The van der Waals surface area contributed by atoms with Crippen molar-refractivity contribution in [2.45, 2.75) is 19.1 Å². The largest absolute Gasteiger partial charge is 0.416 e. The summed E-state index contributed by atoms with van der Waals surface area (Å²) in [4.78, 5) is 4.16. The summed E-state index contributed by atoms with van der Waals surface area (Å²) in [6, 6.07) is 11.2. The Morgan fingerprint density at radius 1 is 1.00 bits per heavy atom. The third-order valence-corrected chi connectivity index (χ3v) is 2.92. The van der Waals surface area contributed by atoms with Gasteiger partial charge in [-0.2, -0.15) is 13.2 Å². The van der Waals surface area contributed by atoms with E-state index in [0.717, 1.165) is 11.8 Å². The number of benzene rings is 1. The summed E-state index contributed by atoms with van der Waals surface area (Å²) in [7, 11) is 0. The van der Waals surface area contributed by atoms with Gasteiger partial charge in [0, 0.05) is 31.4 Å². The van der Waals surface area contributed by atoms with Crippen LogP contribution in [0.25, 0.3) is 0 Å². The molecule has 2 aromatic rings. The van der Waals surface area contributed by atoms with Gasteiger partial charge >= 0.3 is 6.18 Å². The van der Waals surface area contributed by atoms with Crippen LogP contribution in [0.1, 0.15) is 16.8 Å². The Morgan fingerprint density at radius 2 is 1.75 bits per heavy atom. The van der Waals surface area contributed by atoms with Gasteiger partial charge < -0.3 is 5.32 Å². The third kappa shape index (κ3) is 4.06. The number of nitrogens with one attached hydrogen (secondary N) is 1. The molecule has 0 fully saturated rings. The standard InChI is InChI=1S/C15H15F3N2/c16-15(17,18)14-7-2-1-5-12(14)11-19-10-8-13-6-3-4-9-20-13/h1-7,9,19H,8,10-11H2. The zero-order valence-electron chi connectivity index (χ0n) is 10.8. The fourth-order valence-electron chi connectivity index (χ4n) is 1.94. The highest BCUT2D eigenvalue weighted by Gasteiger charge is 2.32. The Kier molecular flexibility index (Phi) is 4.74. The lowest BCUT2D eigenvalue weighted by Crippen LogP contribution is -2.20. The molecule has 5 heteroatoms. The molecule has 1 heterocycles. The molecule has 2 rings (SSSR count). The van der Waals surface area contributed by atoms with Crippen molar-refractivity contribution in [3.8, 4) is 0 Å². The van der Waals surface area contributed by atoms with Crippen molar-refractivity contribution < 1.29 is 13.2 Å². The van der Waals surface area contributed by atoms with Gasteiger partial charge in [-0.1, -0.05) is 24.3 Å². The highest BCUT2D eigenvalue weighted by atomic mass is 19.4. The molecule has 0 saturated heterocycles. The van der Waals surface area contributed by atoms with Crippen LogP contribution in [0.2, 0.25) is 0 Å². The van der Waals surface area contributed by atoms with Gasteiger partial charge in [0.05, 0.1) is 5.56 Å². The average Bonchev–Trinajstić information content (AvgIpc) is 2.44. The van der Waals surface area contributed by atoms with Crippen molar-refractivity contribution in [2.75, 3.05) is 6.54 Å². The molecule has 1 aromatic carbocycles. The van der Waals surface area contributed by atoms with Gasteiger partial charge in [-0.3, -0.25) is 4.98 Å². The highest BCUT2D eigenvalue weighted by molar-refractivity contribution is 5.29. The van der Waals surface area contributed by atoms with Gasteiger partial charge in [0.15, 0.2) is 0 Å². The predicted molar refractivity (Wildman–Crippen MR) is 71.1 cm³/mol. The van der Waals surface area contributed by atoms with Gasteiger partial charge in [0.1, 0.15) is 0 Å². The summed E-state index contributed by atoms with van der Waals surface area (Å²) >= 11 is 0. The molecule has 2 nitrogen and oxygen atoms in total. The van der Waals surface area contributed by atoms with Crippen molar-refractivity contribution in [2.24, 2.45) is 0 Å². The highest BCUT2D eigenvalue weighted by Crippen LogP contribution is 2.31. The van der Waals surface area contributed by atoms with Crippen molar-refractivity contribution in [3.63, 3.8) is 0 Å². The Balaban J connectivity index is 1.89. The zero-order chi connectivity index (χ0) is 14.4. The topological polar surface area (TPSA) is 24.9 Å². The van der Waals surface area contributed by atoms with Crippen LogP contribution in [-0.4, -0.2) is 11.5 Å². The molecule has 0 aliphatic carbocycles. The van der Waals surface area contributed by atoms with E-state index in [1.54, 1.807) is 12.3 Å². The summed E-state index contributed by atoms with van der Waals surface area (Å²) in [6.07, 6.45) is -1.91. The van der Waals surface area contributed by atoms with Gasteiger partial charge in [-0.05, 0) is 23.8 Å². The minimum Gasteiger partial charge on any atom is -0.312 e. The molecular formula is C15H15F3N2. The first-order valence-electron chi connectivity index (χ1n) is 6.33. The summed E-state index contributed by atoms with van der Waals surface area (Å²) < 4.78 is 38.4. The quantitative estimate of drug-likeness (QED) is 0.849. The minimum atomic E-state index is -4.31. The lowest BCUT2D eigenvalue weighted by Gasteiger charge is -2.13. The Hall–Kier alpha value is -1.88. The zero-order valence-corrected chi connectivity index (χ0v) is 10.8. The van der Waals surface area contributed by atoms with E-state index in [4.69, 9.17) is 0 Å². The van der Waals surface area contributed by atoms with Crippen LogP contribution in [-0.2, 0) is 19.1 Å². The first kappa shape index (κ1) is 14.5. The second-order valence-corrected chi connectivity index (χ2v) is 4.40. The molecule has 0 unspecified atom stereocenters. The average molecular weight is 280 g/mol. The summed E-state index contributed by atoms with van der Waals surface area (Å²) in [5.74, 6) is 0. The van der Waals surface area contributed by atoms with Gasteiger partial charge in [0.2, 0.25) is 0 Å². The Labute approximate surface area is 115 Å². The van der Waals surface area contributed by atoms with Crippen LogP contribution >= 0.6 is 0 Å². The first-order chi connectivity index (χ1) is 9.57. The minimum absolute atomic E-state index is 0.197. The molecule has 0 spiro atoms. The molecule has 0 amide bonds. The van der Waals surface area contributed by atoms with E-state index < -0.39 is 11.7 Å². The number of pyridine rings is 1. The van der Waals surface area contributed by atoms with E-state index in [2.05, 4.69) is 10.3 Å². The van der Waals surface area contributed by atoms with E-state index in [0.29, 0.717) is 13.0 Å². The molecule has 1 N–H and O–H groups in total. The van der Waals surface area contributed by atoms with Crippen LogP contribution in [0.3, 0.4) is 0 Å². The van der Waals surface area contributed by atoms with Crippen LogP contribution in [0, 0.1) is 0 Å². The maximum absolute atomic E-state index is 12.8. The van der Waals surface area contributed by atoms with Gasteiger partial charge in [-0.15, -0.1) is 0 Å². The number of aromatic nitrogens is 1. The van der Waals surface area contributed by atoms with E-state index in [-0.39, 0.29) is 12.1 Å². The normalized spacial score (nSPS) is 11.6. The molecule has 0 atom stereocenters. The van der Waals surface area contributed by atoms with Crippen molar-refractivity contribution in [1.29, 1.82) is 0 Å². The van der Waals surface area contributed by atoms with Crippen LogP contribution in [0.15, 0.2) is 48.7 Å². The smallest absolute Gasteiger partial charge is 0.312 e. The molecule has 0 radical (unpaired) electrons. The van der Waals surface area contributed by atoms with Crippen LogP contribution in [0.4, 0.5) is 13.2 Å². The Bertz CT molecular complexity index is 538. The lowest BCUT2D eigenvalue weighted by molar-refractivity contribution is -0.138. The monoisotopic (exact) mass is 280 g/mol. The molecule has 20 heavy (non-hydrogen) atoms. The molecular weight excluding hydrogens is 265 g/mol. The van der Waals surface area contributed by atoms with Gasteiger partial charge in [-0.25, -0.2) is 0 Å². The summed E-state index contributed by atoms with van der Waals surface area (Å²) in [5.41, 5.74) is 0.607. The number of rotatable bonds is 5. The maximum Gasteiger partial charge on any atom is 0.416 e. The fourth-order valence-corrected chi connectivity index (χ4v) is 1.94. The van der Waals surface area contributed by atoms with Gasteiger partial charge in [0.25, 0.3) is 0 Å². The third-order valence-electron chi connectivity index (χ3n) is 2.92. The fraction of sp³-hybridized carbons (Fsp3) is 0.267. The van der Waals surface area contributed by atoms with E-state index >= 15 is 0 Å². The number of nitrogens with zero attached hydrogens (tertiary/aromatic N) is 1. The second kappa shape index (κ2) is 6.52. The molecule has 0 bridgehead atoms. The van der Waals surface area contributed by atoms with E-state index in [1.807, 2.05) is 18.2 Å². The molecule has 0 aliphatic rings. The first-order valence-corrected chi connectivity index (χ1v) is 6.33. The van der Waals surface area contributed by atoms with Crippen LogP contribution in [0.5, 0.6) is 0 Å². The molecule has 1 aromatic heterocycles. The SMILES string of the molecule is FC(F)(F)c1ccccc1CNCCc1ccccn1. The van der Waals surface area contributed by atoms with Crippen molar-refractivity contribution in [3.05, 3.63) is 65.5 Å². The number of hydrogen-bond acceptors (Lipinski definition) is 2. The number of alkyl halides is 3. The second-order valence-electron chi connectivity index (χ2n) is 4.40. The lowest BCUT2D eigenvalue weighted by atomic mass is 10.1. The summed E-state index contributed by atoms with van der Waals surface area (Å²) in [6.45, 7) is 0.783. The predicted octanol–water partition coefficient (Wildman–Crippen LogP) is 3.43. The molecule has 0 saturated carbocycles. The molecule has 0 aliphatic heterocycles. The van der Waals surface area contributed by atoms with E-state index in [9.17, 15) is 13.2 Å². The summed E-state index contributed by atoms with van der Waals surface area (Å²) in [5, 5.41) is 3.02. The number of hydrogen-bond donors (Lipinski definition) is 1.